The molecule has 0 radical (unpaired) electrons. The average molecular weight is 161 g/mol. The van der Waals surface area contributed by atoms with E-state index in [1.807, 2.05) is 10.6 Å². The molecular formula is C9H11N3. The number of nitrogens with zero attached hydrogens (tertiary/aromatic N) is 3. The van der Waals surface area contributed by atoms with Crippen LogP contribution in [0.2, 0.25) is 0 Å². The van der Waals surface area contributed by atoms with Gasteiger partial charge in [0.25, 0.3) is 0 Å². The molecule has 0 aliphatic rings. The number of aromatic nitrogens is 3. The van der Waals surface area contributed by atoms with Crippen LogP contribution in [0.25, 0.3) is 5.65 Å². The normalized spacial score (nSPS) is 11.2. The van der Waals surface area contributed by atoms with Gasteiger partial charge in [-0.15, -0.1) is 0 Å². The van der Waals surface area contributed by atoms with Gasteiger partial charge in [0.1, 0.15) is 18.3 Å². The summed E-state index contributed by atoms with van der Waals surface area (Å²) in [6, 6.07) is 2.09. The Morgan fingerprint density at radius 1 is 1.42 bits per heavy atom. The quantitative estimate of drug-likeness (QED) is 0.639. The maximum absolute atomic E-state index is 4.21. The first-order chi connectivity index (χ1) is 5.79. The molecule has 0 N–H and O–H groups in total. The topological polar surface area (TPSA) is 30.2 Å². The third-order valence-electron chi connectivity index (χ3n) is 1.98. The lowest BCUT2D eigenvalue weighted by Crippen LogP contribution is -1.91. The molecule has 0 atom stereocenters. The lowest BCUT2D eigenvalue weighted by molar-refractivity contribution is 0.869. The highest BCUT2D eigenvalue weighted by Gasteiger charge is 2.05. The highest BCUT2D eigenvalue weighted by Crippen LogP contribution is 2.18. The molecule has 2 heterocycles. The number of hydrogen-bond acceptors (Lipinski definition) is 2. The summed E-state index contributed by atoms with van der Waals surface area (Å²) in [7, 11) is 0. The molecule has 0 unspecified atom stereocenters. The van der Waals surface area contributed by atoms with E-state index in [9.17, 15) is 0 Å². The van der Waals surface area contributed by atoms with E-state index in [1.54, 1.807) is 12.7 Å². The van der Waals surface area contributed by atoms with Crippen molar-refractivity contribution >= 4 is 5.65 Å². The Balaban J connectivity index is 2.70. The summed E-state index contributed by atoms with van der Waals surface area (Å²) in [5.41, 5.74) is 2.29. The summed E-state index contributed by atoms with van der Waals surface area (Å²) in [6.07, 6.45) is 5.35. The van der Waals surface area contributed by atoms with Crippen LogP contribution in [0.4, 0.5) is 0 Å². The summed E-state index contributed by atoms with van der Waals surface area (Å²) in [4.78, 5) is 8.15. The molecular weight excluding hydrogens is 150 g/mol. The monoisotopic (exact) mass is 161 g/mol. The van der Waals surface area contributed by atoms with Crippen LogP contribution in [0.5, 0.6) is 0 Å². The van der Waals surface area contributed by atoms with E-state index in [0.717, 1.165) is 5.65 Å². The smallest absolute Gasteiger partial charge is 0.143 e. The Morgan fingerprint density at radius 3 is 3.00 bits per heavy atom. The highest BCUT2D eigenvalue weighted by atomic mass is 15.0. The molecule has 0 amide bonds. The van der Waals surface area contributed by atoms with Crippen molar-refractivity contribution in [1.82, 2.24) is 14.4 Å². The second-order valence-corrected chi connectivity index (χ2v) is 3.17. The van der Waals surface area contributed by atoms with Gasteiger partial charge in [0, 0.05) is 6.20 Å². The van der Waals surface area contributed by atoms with Gasteiger partial charge in [0.15, 0.2) is 0 Å². The molecule has 3 nitrogen and oxygen atoms in total. The van der Waals surface area contributed by atoms with Gasteiger partial charge in [0.05, 0.1) is 0 Å². The Bertz CT molecular complexity index is 389. The van der Waals surface area contributed by atoms with E-state index in [0.29, 0.717) is 5.92 Å². The zero-order chi connectivity index (χ0) is 8.55. The first-order valence-corrected chi connectivity index (χ1v) is 4.05. The van der Waals surface area contributed by atoms with Gasteiger partial charge in [-0.25, -0.2) is 9.97 Å². The van der Waals surface area contributed by atoms with Crippen molar-refractivity contribution in [3.05, 3.63) is 30.5 Å². The maximum Gasteiger partial charge on any atom is 0.143 e. The highest BCUT2D eigenvalue weighted by molar-refractivity contribution is 5.49. The molecule has 0 fully saturated rings. The molecule has 0 aliphatic carbocycles. The summed E-state index contributed by atoms with van der Waals surface area (Å²) in [5.74, 6) is 0.518. The summed E-state index contributed by atoms with van der Waals surface area (Å²) < 4.78 is 1.94. The number of rotatable bonds is 1. The lowest BCUT2D eigenvalue weighted by Gasteiger charge is -2.00. The Kier molecular flexibility index (Phi) is 1.57. The van der Waals surface area contributed by atoms with Crippen LogP contribution in [0.1, 0.15) is 25.3 Å². The predicted molar refractivity (Wildman–Crippen MR) is 47.1 cm³/mol. The second-order valence-electron chi connectivity index (χ2n) is 3.17. The van der Waals surface area contributed by atoms with E-state index in [4.69, 9.17) is 0 Å². The van der Waals surface area contributed by atoms with Crippen molar-refractivity contribution in [3.63, 3.8) is 0 Å². The van der Waals surface area contributed by atoms with Crippen molar-refractivity contribution < 1.29 is 0 Å². The molecule has 0 bridgehead atoms. The van der Waals surface area contributed by atoms with Crippen LogP contribution < -0.4 is 0 Å². The van der Waals surface area contributed by atoms with Crippen molar-refractivity contribution in [2.24, 2.45) is 0 Å². The van der Waals surface area contributed by atoms with Crippen molar-refractivity contribution in [3.8, 4) is 0 Å². The van der Waals surface area contributed by atoms with Crippen LogP contribution in [-0.4, -0.2) is 14.4 Å². The zero-order valence-electron chi connectivity index (χ0n) is 7.23. The Morgan fingerprint density at radius 2 is 2.25 bits per heavy atom. The standard InChI is InChI=1S/C9H11N3/c1-7(2)8-3-4-12-6-10-5-11-9(8)12/h3-7H,1-2H3. The SMILES string of the molecule is CC(C)c1ccn2cncnc12. The van der Waals surface area contributed by atoms with Crippen molar-refractivity contribution in [2.75, 3.05) is 0 Å². The minimum absolute atomic E-state index is 0.518. The van der Waals surface area contributed by atoms with Gasteiger partial charge in [-0.05, 0) is 17.5 Å². The summed E-state index contributed by atoms with van der Waals surface area (Å²) in [5, 5.41) is 0. The van der Waals surface area contributed by atoms with Gasteiger partial charge in [-0.1, -0.05) is 13.8 Å². The van der Waals surface area contributed by atoms with E-state index in [2.05, 4.69) is 29.9 Å². The fourth-order valence-corrected chi connectivity index (χ4v) is 1.33. The molecule has 0 aliphatic heterocycles. The van der Waals surface area contributed by atoms with Crippen LogP contribution in [0.15, 0.2) is 24.9 Å². The molecule has 0 saturated heterocycles. The van der Waals surface area contributed by atoms with Gasteiger partial charge in [-0.3, -0.25) is 4.40 Å². The molecule has 3 heteroatoms. The Labute approximate surface area is 71.1 Å². The van der Waals surface area contributed by atoms with Crippen molar-refractivity contribution in [2.45, 2.75) is 19.8 Å². The van der Waals surface area contributed by atoms with Crippen LogP contribution >= 0.6 is 0 Å². The van der Waals surface area contributed by atoms with Gasteiger partial charge < -0.3 is 0 Å². The number of hydrogen-bond donors (Lipinski definition) is 0. The van der Waals surface area contributed by atoms with E-state index in [1.165, 1.54) is 5.56 Å². The molecule has 12 heavy (non-hydrogen) atoms. The third kappa shape index (κ3) is 0.978. The first kappa shape index (κ1) is 7.28. The molecule has 0 aromatic carbocycles. The largest absolute Gasteiger partial charge is 0.292 e. The maximum atomic E-state index is 4.21. The van der Waals surface area contributed by atoms with Crippen LogP contribution in [0, 0.1) is 0 Å². The molecule has 0 spiro atoms. The van der Waals surface area contributed by atoms with Crippen LogP contribution in [0.3, 0.4) is 0 Å². The first-order valence-electron chi connectivity index (χ1n) is 4.05. The summed E-state index contributed by atoms with van der Waals surface area (Å²) >= 11 is 0. The minimum atomic E-state index is 0.518. The zero-order valence-corrected chi connectivity index (χ0v) is 7.23. The van der Waals surface area contributed by atoms with Gasteiger partial charge >= 0.3 is 0 Å². The average Bonchev–Trinajstić information content (AvgIpc) is 2.47. The van der Waals surface area contributed by atoms with E-state index in [-0.39, 0.29) is 0 Å². The second kappa shape index (κ2) is 2.59. The Hall–Kier alpha value is -1.38. The molecule has 2 aromatic rings. The number of fused-ring (bicyclic) bond motifs is 1. The minimum Gasteiger partial charge on any atom is -0.292 e. The molecule has 2 rings (SSSR count). The summed E-state index contributed by atoms with van der Waals surface area (Å²) in [6.45, 7) is 4.33. The molecule has 0 saturated carbocycles. The van der Waals surface area contributed by atoms with Crippen molar-refractivity contribution in [1.29, 1.82) is 0 Å². The van der Waals surface area contributed by atoms with E-state index < -0.39 is 0 Å². The molecule has 2 aromatic heterocycles. The lowest BCUT2D eigenvalue weighted by atomic mass is 10.1. The van der Waals surface area contributed by atoms with Gasteiger partial charge in [0.2, 0.25) is 0 Å². The fourth-order valence-electron chi connectivity index (χ4n) is 1.33. The third-order valence-corrected chi connectivity index (χ3v) is 1.98. The molecule has 62 valence electrons. The fraction of sp³-hybridized carbons (Fsp3) is 0.333. The van der Waals surface area contributed by atoms with E-state index >= 15 is 0 Å². The predicted octanol–water partition coefficient (Wildman–Crippen LogP) is 1.85. The van der Waals surface area contributed by atoms with Gasteiger partial charge in [-0.2, -0.15) is 0 Å². The van der Waals surface area contributed by atoms with Crippen LogP contribution in [-0.2, 0) is 0 Å².